The quantitative estimate of drug-likeness (QED) is 0.817. The molecule has 0 aliphatic carbocycles. The average molecular weight is 364 g/mol. The summed E-state index contributed by atoms with van der Waals surface area (Å²) in [4.78, 5) is 23.6. The number of hydrogen-bond donors (Lipinski definition) is 2. The van der Waals surface area contributed by atoms with Crippen LogP contribution in [-0.2, 0) is 9.53 Å². The highest BCUT2D eigenvalue weighted by Crippen LogP contribution is 2.19. The maximum absolute atomic E-state index is 11.9. The molecule has 0 atom stereocenters. The monoisotopic (exact) mass is 363 g/mol. The number of benzene rings is 2. The summed E-state index contributed by atoms with van der Waals surface area (Å²) in [5, 5.41) is 12.2. The summed E-state index contributed by atoms with van der Waals surface area (Å²) >= 11 is 3.29. The van der Waals surface area contributed by atoms with Gasteiger partial charge in [0.1, 0.15) is 11.3 Å². The zero-order chi connectivity index (χ0) is 16.1. The van der Waals surface area contributed by atoms with Crippen LogP contribution in [0.5, 0.6) is 5.75 Å². The summed E-state index contributed by atoms with van der Waals surface area (Å²) < 4.78 is 5.80. The van der Waals surface area contributed by atoms with Crippen LogP contribution in [-0.4, -0.2) is 23.6 Å². The van der Waals surface area contributed by atoms with Crippen LogP contribution in [0.1, 0.15) is 15.9 Å². The number of halogens is 1. The first-order valence-corrected chi connectivity index (χ1v) is 7.27. The molecule has 2 rings (SSSR count). The standard InChI is InChI=1S/C16H14BrNO4/c1-10-2-7-14(19)13(8-10)16(21)22-9-15(20)18-12-5-3-11(17)4-6-12/h2-8,19H,9H2,1H3,(H,18,20). The number of anilines is 1. The van der Waals surface area contributed by atoms with E-state index in [1.165, 1.54) is 12.1 Å². The van der Waals surface area contributed by atoms with E-state index in [0.717, 1.165) is 10.0 Å². The molecule has 0 heterocycles. The maximum atomic E-state index is 11.9. The predicted octanol–water partition coefficient (Wildman–Crippen LogP) is 3.26. The van der Waals surface area contributed by atoms with Gasteiger partial charge in [-0.05, 0) is 43.3 Å². The van der Waals surface area contributed by atoms with E-state index in [1.807, 2.05) is 0 Å². The van der Waals surface area contributed by atoms with Gasteiger partial charge in [-0.3, -0.25) is 4.79 Å². The molecule has 2 aromatic carbocycles. The summed E-state index contributed by atoms with van der Waals surface area (Å²) in [6, 6.07) is 11.6. The van der Waals surface area contributed by atoms with E-state index in [0.29, 0.717) is 5.69 Å². The molecule has 0 aromatic heterocycles. The van der Waals surface area contributed by atoms with Gasteiger partial charge in [-0.2, -0.15) is 0 Å². The highest BCUT2D eigenvalue weighted by Gasteiger charge is 2.14. The summed E-state index contributed by atoms with van der Waals surface area (Å²) in [6.07, 6.45) is 0. The van der Waals surface area contributed by atoms with Crippen LogP contribution >= 0.6 is 15.9 Å². The zero-order valence-electron chi connectivity index (χ0n) is 11.8. The van der Waals surface area contributed by atoms with Crippen LogP contribution in [0.4, 0.5) is 5.69 Å². The largest absolute Gasteiger partial charge is 0.507 e. The molecule has 0 bridgehead atoms. The van der Waals surface area contributed by atoms with Crippen molar-refractivity contribution in [3.63, 3.8) is 0 Å². The van der Waals surface area contributed by atoms with Crippen LogP contribution in [0.2, 0.25) is 0 Å². The fraction of sp³-hybridized carbons (Fsp3) is 0.125. The van der Waals surface area contributed by atoms with Crippen LogP contribution < -0.4 is 5.32 Å². The lowest BCUT2D eigenvalue weighted by atomic mass is 10.1. The van der Waals surface area contributed by atoms with Gasteiger partial charge >= 0.3 is 5.97 Å². The molecule has 0 unspecified atom stereocenters. The van der Waals surface area contributed by atoms with E-state index < -0.39 is 18.5 Å². The Morgan fingerprint density at radius 2 is 1.86 bits per heavy atom. The lowest BCUT2D eigenvalue weighted by Crippen LogP contribution is -2.21. The second-order valence-corrected chi connectivity index (χ2v) is 5.57. The minimum atomic E-state index is -0.743. The molecule has 2 N–H and O–H groups in total. The second kappa shape index (κ2) is 7.09. The van der Waals surface area contributed by atoms with Gasteiger partial charge in [0.05, 0.1) is 0 Å². The van der Waals surface area contributed by atoms with Crippen molar-refractivity contribution < 1.29 is 19.4 Å². The first-order valence-electron chi connectivity index (χ1n) is 6.48. The van der Waals surface area contributed by atoms with Gasteiger partial charge in [0.25, 0.3) is 5.91 Å². The van der Waals surface area contributed by atoms with Crippen molar-refractivity contribution >= 4 is 33.5 Å². The maximum Gasteiger partial charge on any atom is 0.342 e. The van der Waals surface area contributed by atoms with Crippen molar-refractivity contribution in [1.29, 1.82) is 0 Å². The molecule has 2 aromatic rings. The molecule has 0 spiro atoms. The van der Waals surface area contributed by atoms with E-state index in [2.05, 4.69) is 21.2 Å². The van der Waals surface area contributed by atoms with E-state index in [1.54, 1.807) is 37.3 Å². The van der Waals surface area contributed by atoms with Gasteiger partial charge in [-0.15, -0.1) is 0 Å². The van der Waals surface area contributed by atoms with E-state index >= 15 is 0 Å². The van der Waals surface area contributed by atoms with Crippen LogP contribution in [0.3, 0.4) is 0 Å². The Morgan fingerprint density at radius 3 is 2.55 bits per heavy atom. The Balaban J connectivity index is 1.91. The summed E-state index contributed by atoms with van der Waals surface area (Å²) in [5.74, 6) is -1.38. The van der Waals surface area contributed by atoms with Crippen molar-refractivity contribution in [2.75, 3.05) is 11.9 Å². The van der Waals surface area contributed by atoms with Gasteiger partial charge < -0.3 is 15.2 Å². The van der Waals surface area contributed by atoms with Gasteiger partial charge in [0, 0.05) is 10.2 Å². The van der Waals surface area contributed by atoms with Gasteiger partial charge in [0.15, 0.2) is 6.61 Å². The number of esters is 1. The number of phenolic OH excluding ortho intramolecular Hbond substituents is 1. The van der Waals surface area contributed by atoms with Crippen molar-refractivity contribution in [1.82, 2.24) is 0 Å². The van der Waals surface area contributed by atoms with Crippen molar-refractivity contribution in [3.05, 3.63) is 58.1 Å². The molecule has 0 saturated heterocycles. The van der Waals surface area contributed by atoms with E-state index in [-0.39, 0.29) is 11.3 Å². The topological polar surface area (TPSA) is 75.6 Å². The summed E-state index contributed by atoms with van der Waals surface area (Å²) in [6.45, 7) is 1.36. The summed E-state index contributed by atoms with van der Waals surface area (Å²) in [7, 11) is 0. The minimum Gasteiger partial charge on any atom is -0.507 e. The first-order chi connectivity index (χ1) is 10.5. The lowest BCUT2D eigenvalue weighted by Gasteiger charge is -2.08. The molecule has 0 aliphatic rings. The number of ether oxygens (including phenoxy) is 1. The van der Waals surface area contributed by atoms with Gasteiger partial charge in [-0.1, -0.05) is 27.6 Å². The molecule has 0 radical (unpaired) electrons. The fourth-order valence-electron chi connectivity index (χ4n) is 1.75. The molecule has 0 aliphatic heterocycles. The third-order valence-corrected chi connectivity index (χ3v) is 3.36. The zero-order valence-corrected chi connectivity index (χ0v) is 13.4. The van der Waals surface area contributed by atoms with Crippen LogP contribution in [0, 0.1) is 6.92 Å². The number of aromatic hydroxyl groups is 1. The SMILES string of the molecule is Cc1ccc(O)c(C(=O)OCC(=O)Nc2ccc(Br)cc2)c1. The highest BCUT2D eigenvalue weighted by atomic mass is 79.9. The molecule has 0 saturated carbocycles. The van der Waals surface area contributed by atoms with Crippen molar-refractivity contribution in [3.8, 4) is 5.75 Å². The minimum absolute atomic E-state index is 0.0384. The number of amides is 1. The average Bonchev–Trinajstić information content (AvgIpc) is 2.49. The number of phenols is 1. The van der Waals surface area contributed by atoms with Gasteiger partial charge in [0.2, 0.25) is 0 Å². The number of aryl methyl sites for hydroxylation is 1. The number of nitrogens with one attached hydrogen (secondary N) is 1. The third-order valence-electron chi connectivity index (χ3n) is 2.83. The van der Waals surface area contributed by atoms with E-state index in [4.69, 9.17) is 4.74 Å². The molecule has 0 fully saturated rings. The third kappa shape index (κ3) is 4.33. The molecule has 114 valence electrons. The van der Waals surface area contributed by atoms with Crippen LogP contribution in [0.15, 0.2) is 46.9 Å². The molecule has 6 heteroatoms. The van der Waals surface area contributed by atoms with E-state index in [9.17, 15) is 14.7 Å². The first kappa shape index (κ1) is 16.0. The smallest absolute Gasteiger partial charge is 0.342 e. The normalized spacial score (nSPS) is 10.1. The Hall–Kier alpha value is -2.34. The molecular weight excluding hydrogens is 350 g/mol. The predicted molar refractivity (Wildman–Crippen MR) is 85.9 cm³/mol. The summed E-state index contributed by atoms with van der Waals surface area (Å²) in [5.41, 5.74) is 1.45. The molecular formula is C16H14BrNO4. The number of carbonyl (C=O) groups is 2. The Bertz CT molecular complexity index is 698. The second-order valence-electron chi connectivity index (χ2n) is 4.65. The number of carbonyl (C=O) groups excluding carboxylic acids is 2. The molecule has 1 amide bonds. The Kier molecular flexibility index (Phi) is 5.16. The highest BCUT2D eigenvalue weighted by molar-refractivity contribution is 9.10. The molecule has 22 heavy (non-hydrogen) atoms. The lowest BCUT2D eigenvalue weighted by molar-refractivity contribution is -0.119. The van der Waals surface area contributed by atoms with Crippen molar-refractivity contribution in [2.45, 2.75) is 6.92 Å². The Labute approximate surface area is 136 Å². The van der Waals surface area contributed by atoms with Crippen LogP contribution in [0.25, 0.3) is 0 Å². The van der Waals surface area contributed by atoms with Crippen molar-refractivity contribution in [2.24, 2.45) is 0 Å². The Morgan fingerprint density at radius 1 is 1.18 bits per heavy atom. The fourth-order valence-corrected chi connectivity index (χ4v) is 2.02. The van der Waals surface area contributed by atoms with Gasteiger partial charge in [-0.25, -0.2) is 4.79 Å². The number of hydrogen-bond acceptors (Lipinski definition) is 4. The number of rotatable bonds is 4. The molecule has 5 nitrogen and oxygen atoms in total.